The summed E-state index contributed by atoms with van der Waals surface area (Å²) in [7, 11) is 3.75. The van der Waals surface area contributed by atoms with E-state index in [2.05, 4.69) is 46.3 Å². The van der Waals surface area contributed by atoms with Crippen LogP contribution in [0.2, 0.25) is 0 Å². The van der Waals surface area contributed by atoms with Gasteiger partial charge in [-0.15, -0.1) is 0 Å². The number of hydrogen-bond acceptors (Lipinski definition) is 10. The van der Waals surface area contributed by atoms with Crippen molar-refractivity contribution in [2.45, 2.75) is 51.5 Å². The quantitative estimate of drug-likeness (QED) is 0.305. The van der Waals surface area contributed by atoms with Crippen LogP contribution >= 0.6 is 0 Å². The number of hydrogen-bond donors (Lipinski definition) is 0. The van der Waals surface area contributed by atoms with E-state index >= 15 is 0 Å². The van der Waals surface area contributed by atoms with E-state index in [1.165, 1.54) is 0 Å². The molecule has 222 valence electrons. The second-order valence-corrected chi connectivity index (χ2v) is 12.0. The third kappa shape index (κ3) is 4.22. The lowest BCUT2D eigenvalue weighted by atomic mass is 10.1. The molecule has 43 heavy (non-hydrogen) atoms. The summed E-state index contributed by atoms with van der Waals surface area (Å²) in [5, 5.41) is 5.80. The number of methoxy groups -OCH3 is 1. The molecule has 0 N–H and O–H groups in total. The predicted octanol–water partition coefficient (Wildman–Crippen LogP) is 3.67. The molecule has 0 aromatic carbocycles. The maximum absolute atomic E-state index is 6.02. The number of fused-ring (bicyclic) bond motifs is 4. The lowest BCUT2D eigenvalue weighted by Crippen LogP contribution is -2.46. The Kier molecular flexibility index (Phi) is 6.05. The minimum Gasteiger partial charge on any atom is -0.496 e. The van der Waals surface area contributed by atoms with E-state index in [-0.39, 0.29) is 24.4 Å². The molecule has 8 heterocycles. The summed E-state index contributed by atoms with van der Waals surface area (Å²) in [6.45, 7) is 9.33. The summed E-state index contributed by atoms with van der Waals surface area (Å²) in [6.07, 6.45) is 6.86. The van der Waals surface area contributed by atoms with Gasteiger partial charge in [-0.25, -0.2) is 14.6 Å². The maximum Gasteiger partial charge on any atom is 0.206 e. The van der Waals surface area contributed by atoms with Crippen LogP contribution < -0.4 is 14.5 Å². The standard InChI is InChI=1S/C31H35N9O3/c1-17-13-38(14-18(2)43-17)31-36-29-26(37(31)4)10-28(35-30(29)39-15-21-8-20(39)16-42-21)40-25-9-24(34-19(3)22(25)12-33-40)23-11-32-7-6-27(23)41-5/h6-7,9-12,17-18,20-21H,8,13-16H2,1-5H3/t17-,18-,20+,21+/m0/s1. The van der Waals surface area contributed by atoms with Gasteiger partial charge in [0.1, 0.15) is 11.3 Å². The zero-order valence-corrected chi connectivity index (χ0v) is 25.1. The summed E-state index contributed by atoms with van der Waals surface area (Å²) in [5.74, 6) is 3.25. The van der Waals surface area contributed by atoms with Gasteiger partial charge in [-0.05, 0) is 39.3 Å². The first-order valence-electron chi connectivity index (χ1n) is 14.9. The first-order valence-corrected chi connectivity index (χ1v) is 14.9. The Morgan fingerprint density at radius 3 is 2.58 bits per heavy atom. The number of ether oxygens (including phenoxy) is 3. The van der Waals surface area contributed by atoms with E-state index in [1.54, 1.807) is 19.5 Å². The molecule has 2 bridgehead atoms. The third-order valence-corrected chi connectivity index (χ3v) is 8.94. The molecule has 8 rings (SSSR count). The summed E-state index contributed by atoms with van der Waals surface area (Å²) in [5.41, 5.74) is 5.29. The van der Waals surface area contributed by atoms with Gasteiger partial charge in [0.15, 0.2) is 11.6 Å². The average molecular weight is 582 g/mol. The number of aryl methyl sites for hydroxylation is 2. The van der Waals surface area contributed by atoms with Crippen LogP contribution in [0.25, 0.3) is 39.0 Å². The largest absolute Gasteiger partial charge is 0.496 e. The van der Waals surface area contributed by atoms with Gasteiger partial charge in [0.2, 0.25) is 5.95 Å². The van der Waals surface area contributed by atoms with Crippen LogP contribution in [0.15, 0.2) is 36.8 Å². The highest BCUT2D eigenvalue weighted by Gasteiger charge is 2.41. The third-order valence-electron chi connectivity index (χ3n) is 8.94. The monoisotopic (exact) mass is 581 g/mol. The molecule has 3 saturated heterocycles. The van der Waals surface area contributed by atoms with Crippen molar-refractivity contribution in [3.8, 4) is 22.8 Å². The van der Waals surface area contributed by atoms with Crippen molar-refractivity contribution in [1.29, 1.82) is 0 Å². The predicted molar refractivity (Wildman–Crippen MR) is 163 cm³/mol. The molecule has 0 aliphatic carbocycles. The van der Waals surface area contributed by atoms with Crippen LogP contribution in [-0.2, 0) is 16.5 Å². The molecule has 0 radical (unpaired) electrons. The molecule has 5 aromatic heterocycles. The molecule has 0 amide bonds. The molecular formula is C31H35N9O3. The van der Waals surface area contributed by atoms with Crippen molar-refractivity contribution in [3.63, 3.8) is 0 Å². The smallest absolute Gasteiger partial charge is 0.206 e. The SMILES string of the molecule is COc1ccncc1-c1cc2c(cnn2-c2cc3c(nc(N4C[C@H](C)O[C@@H](C)C4)n3C)c(N3C[C@H]4C[C@@H]3CO4)n2)c(C)n1. The highest BCUT2D eigenvalue weighted by Crippen LogP contribution is 2.38. The lowest BCUT2D eigenvalue weighted by molar-refractivity contribution is -0.00583. The van der Waals surface area contributed by atoms with Crippen LogP contribution in [0.5, 0.6) is 5.75 Å². The van der Waals surface area contributed by atoms with Gasteiger partial charge in [0, 0.05) is 56.2 Å². The van der Waals surface area contributed by atoms with Gasteiger partial charge in [-0.1, -0.05) is 0 Å². The van der Waals surface area contributed by atoms with Crippen LogP contribution in [-0.4, -0.2) is 92.0 Å². The van der Waals surface area contributed by atoms with Crippen molar-refractivity contribution < 1.29 is 14.2 Å². The molecule has 12 heteroatoms. The number of morpholine rings is 2. The molecule has 3 aliphatic heterocycles. The summed E-state index contributed by atoms with van der Waals surface area (Å²) < 4.78 is 21.7. The Labute approximate surface area is 249 Å². The Balaban J connectivity index is 1.31. The topological polar surface area (TPSA) is 108 Å². The van der Waals surface area contributed by atoms with E-state index in [9.17, 15) is 0 Å². The second kappa shape index (κ2) is 9.88. The zero-order valence-electron chi connectivity index (χ0n) is 25.1. The Morgan fingerprint density at radius 1 is 1.00 bits per heavy atom. The normalized spacial score (nSPS) is 23.7. The Morgan fingerprint density at radius 2 is 1.84 bits per heavy atom. The number of rotatable bonds is 5. The summed E-state index contributed by atoms with van der Waals surface area (Å²) in [6, 6.07) is 6.27. The Hall–Kier alpha value is -4.29. The van der Waals surface area contributed by atoms with E-state index < -0.39 is 0 Å². The molecule has 12 nitrogen and oxygen atoms in total. The van der Waals surface area contributed by atoms with Crippen LogP contribution in [0.3, 0.4) is 0 Å². The minimum atomic E-state index is 0.128. The summed E-state index contributed by atoms with van der Waals surface area (Å²) >= 11 is 0. The van der Waals surface area contributed by atoms with Gasteiger partial charge in [-0.2, -0.15) is 5.10 Å². The fraction of sp³-hybridized carbons (Fsp3) is 0.452. The summed E-state index contributed by atoms with van der Waals surface area (Å²) in [4.78, 5) is 24.4. The average Bonchev–Trinajstić information content (AvgIpc) is 3.80. The molecule has 3 aliphatic rings. The van der Waals surface area contributed by atoms with E-state index in [4.69, 9.17) is 34.3 Å². The number of aromatic nitrogens is 7. The van der Waals surface area contributed by atoms with E-state index in [1.807, 2.05) is 29.9 Å². The maximum atomic E-state index is 6.02. The lowest BCUT2D eigenvalue weighted by Gasteiger charge is -2.35. The van der Waals surface area contributed by atoms with Crippen LogP contribution in [0.4, 0.5) is 11.8 Å². The fourth-order valence-electron chi connectivity index (χ4n) is 6.99. The van der Waals surface area contributed by atoms with Gasteiger partial charge in [0.25, 0.3) is 0 Å². The van der Waals surface area contributed by atoms with Crippen molar-refractivity contribution in [2.24, 2.45) is 7.05 Å². The molecule has 0 spiro atoms. The van der Waals surface area contributed by atoms with Gasteiger partial charge < -0.3 is 28.6 Å². The van der Waals surface area contributed by atoms with Crippen LogP contribution in [0, 0.1) is 6.92 Å². The first-order chi connectivity index (χ1) is 20.9. The molecule has 0 unspecified atom stereocenters. The molecule has 5 aromatic rings. The molecule has 3 fully saturated rings. The van der Waals surface area contributed by atoms with Crippen molar-refractivity contribution in [2.75, 3.05) is 43.2 Å². The van der Waals surface area contributed by atoms with Gasteiger partial charge in [-0.3, -0.25) is 9.97 Å². The van der Waals surface area contributed by atoms with E-state index in [0.717, 1.165) is 88.3 Å². The van der Waals surface area contributed by atoms with E-state index in [0.29, 0.717) is 6.61 Å². The number of pyridine rings is 3. The van der Waals surface area contributed by atoms with Crippen molar-refractivity contribution >= 4 is 33.7 Å². The molecule has 4 atom stereocenters. The van der Waals surface area contributed by atoms with Crippen molar-refractivity contribution in [1.82, 2.24) is 34.3 Å². The first kappa shape index (κ1) is 26.3. The zero-order chi connectivity index (χ0) is 29.4. The van der Waals surface area contributed by atoms with Crippen molar-refractivity contribution in [3.05, 3.63) is 42.5 Å². The highest BCUT2D eigenvalue weighted by atomic mass is 16.5. The molecular weight excluding hydrogens is 546 g/mol. The fourth-order valence-corrected chi connectivity index (χ4v) is 6.99. The number of nitrogens with zero attached hydrogens (tertiary/aromatic N) is 9. The number of anilines is 2. The Bertz CT molecular complexity index is 1860. The highest BCUT2D eigenvalue weighted by molar-refractivity contribution is 5.92. The second-order valence-electron chi connectivity index (χ2n) is 12.0. The van der Waals surface area contributed by atoms with Gasteiger partial charge in [0.05, 0.1) is 66.6 Å². The van der Waals surface area contributed by atoms with Gasteiger partial charge >= 0.3 is 0 Å². The minimum absolute atomic E-state index is 0.128. The number of imidazole rings is 1. The molecule has 0 saturated carbocycles. The van der Waals surface area contributed by atoms with Crippen LogP contribution in [0.1, 0.15) is 26.0 Å².